The molecule has 0 aliphatic carbocycles. The second kappa shape index (κ2) is 8.96. The summed E-state index contributed by atoms with van der Waals surface area (Å²) in [7, 11) is 3.23. The van der Waals surface area contributed by atoms with E-state index < -0.39 is 11.2 Å². The van der Waals surface area contributed by atoms with Crippen molar-refractivity contribution in [3.05, 3.63) is 70.7 Å². The van der Waals surface area contributed by atoms with Crippen LogP contribution >= 0.6 is 0 Å². The van der Waals surface area contributed by atoms with Crippen molar-refractivity contribution in [3.63, 3.8) is 0 Å². The van der Waals surface area contributed by atoms with Crippen molar-refractivity contribution < 1.29 is 19.0 Å². The van der Waals surface area contributed by atoms with Gasteiger partial charge in [0.05, 0.1) is 14.2 Å². The highest BCUT2D eigenvalue weighted by Gasteiger charge is 2.24. The number of nitrogens with one attached hydrogen (secondary N) is 1. The minimum Gasteiger partial charge on any atom is -0.501 e. The van der Waals surface area contributed by atoms with Crippen molar-refractivity contribution >= 4 is 10.9 Å². The van der Waals surface area contributed by atoms with Crippen molar-refractivity contribution in [1.29, 1.82) is 0 Å². The van der Waals surface area contributed by atoms with E-state index in [0.29, 0.717) is 28.7 Å². The van der Waals surface area contributed by atoms with Gasteiger partial charge >= 0.3 is 0 Å². The van der Waals surface area contributed by atoms with Crippen molar-refractivity contribution in [1.82, 2.24) is 14.5 Å². The van der Waals surface area contributed by atoms with Crippen LogP contribution in [0, 0.1) is 6.92 Å². The van der Waals surface area contributed by atoms with Gasteiger partial charge in [0.15, 0.2) is 5.76 Å². The van der Waals surface area contributed by atoms with Crippen LogP contribution < -0.4 is 14.9 Å². The summed E-state index contributed by atoms with van der Waals surface area (Å²) in [6.45, 7) is 5.89. The minimum absolute atomic E-state index is 0.0294. The van der Waals surface area contributed by atoms with E-state index in [-0.39, 0.29) is 11.8 Å². The molecule has 0 aliphatic rings. The van der Waals surface area contributed by atoms with Gasteiger partial charge in [-0.15, -0.1) is 0 Å². The SMILES string of the molecule is COc1cccc(-c2nc(-c3cn(C(C)C)c4ccc(OC)cc34)[nH]c2-c2oc(C)cc(=O)c2O)c1. The summed E-state index contributed by atoms with van der Waals surface area (Å²) in [5.74, 6) is 1.87. The molecule has 5 aromatic rings. The maximum atomic E-state index is 12.4. The highest BCUT2D eigenvalue weighted by molar-refractivity contribution is 5.96. The lowest BCUT2D eigenvalue weighted by Crippen LogP contribution is -2.01. The van der Waals surface area contributed by atoms with E-state index in [1.807, 2.05) is 48.7 Å². The van der Waals surface area contributed by atoms with Crippen LogP contribution in [0.1, 0.15) is 25.6 Å². The van der Waals surface area contributed by atoms with E-state index in [4.69, 9.17) is 18.9 Å². The van der Waals surface area contributed by atoms with E-state index in [2.05, 4.69) is 23.4 Å². The number of ether oxygens (including phenoxy) is 2. The number of aryl methyl sites for hydroxylation is 1. The maximum Gasteiger partial charge on any atom is 0.227 e. The largest absolute Gasteiger partial charge is 0.501 e. The molecule has 2 aromatic carbocycles. The third kappa shape index (κ3) is 3.90. The fraction of sp³-hybridized carbons (Fsp3) is 0.214. The molecule has 184 valence electrons. The second-order valence-electron chi connectivity index (χ2n) is 8.87. The fourth-order valence-electron chi connectivity index (χ4n) is 4.39. The zero-order valence-electron chi connectivity index (χ0n) is 20.7. The first kappa shape index (κ1) is 23.3. The van der Waals surface area contributed by atoms with Crippen molar-refractivity contribution in [3.8, 4) is 51.3 Å². The average molecular weight is 486 g/mol. The molecule has 2 N–H and O–H groups in total. The molecule has 3 aromatic heterocycles. The van der Waals surface area contributed by atoms with Gasteiger partial charge in [-0.25, -0.2) is 4.98 Å². The van der Waals surface area contributed by atoms with Gasteiger partial charge in [-0.3, -0.25) is 4.79 Å². The molecule has 5 rings (SSSR count). The Balaban J connectivity index is 1.82. The van der Waals surface area contributed by atoms with E-state index in [9.17, 15) is 9.90 Å². The lowest BCUT2D eigenvalue weighted by atomic mass is 10.1. The highest BCUT2D eigenvalue weighted by Crippen LogP contribution is 2.40. The summed E-state index contributed by atoms with van der Waals surface area (Å²) in [4.78, 5) is 20.7. The molecule has 0 spiro atoms. The standard InChI is InChI=1S/C28H27N3O5/c1-15(2)31-14-21(20-13-19(35-5)9-10-22(20)31)28-29-24(17-7-6-8-18(12-17)34-4)25(30-28)27-26(33)23(32)11-16(3)36-27/h6-15,33H,1-5H3,(H,29,30). The molecule has 0 bridgehead atoms. The Morgan fingerprint density at radius 1 is 1.06 bits per heavy atom. The van der Waals surface area contributed by atoms with Crippen molar-refractivity contribution in [2.75, 3.05) is 14.2 Å². The summed E-state index contributed by atoms with van der Waals surface area (Å²) in [6.07, 6.45) is 2.04. The van der Waals surface area contributed by atoms with Gasteiger partial charge in [-0.2, -0.15) is 0 Å². The normalized spacial score (nSPS) is 11.4. The Morgan fingerprint density at radius 3 is 2.53 bits per heavy atom. The Bertz CT molecular complexity index is 1640. The molecule has 0 saturated carbocycles. The van der Waals surface area contributed by atoms with Crippen molar-refractivity contribution in [2.45, 2.75) is 26.8 Å². The topological polar surface area (TPSA) is 103 Å². The van der Waals surface area contributed by atoms with E-state index in [0.717, 1.165) is 27.8 Å². The van der Waals surface area contributed by atoms with Gasteiger partial charge in [0.2, 0.25) is 11.2 Å². The molecule has 0 atom stereocenters. The maximum absolute atomic E-state index is 12.4. The number of H-pyrrole nitrogens is 1. The number of rotatable bonds is 6. The van der Waals surface area contributed by atoms with Gasteiger partial charge in [0.25, 0.3) is 0 Å². The summed E-state index contributed by atoms with van der Waals surface area (Å²) < 4.78 is 18.9. The molecule has 0 fully saturated rings. The Kier molecular flexibility index (Phi) is 5.80. The number of nitrogens with zero attached hydrogens (tertiary/aromatic N) is 2. The monoisotopic (exact) mass is 485 g/mol. The molecule has 0 radical (unpaired) electrons. The van der Waals surface area contributed by atoms with Gasteiger partial charge in [-0.1, -0.05) is 12.1 Å². The number of hydrogen-bond donors (Lipinski definition) is 2. The lowest BCUT2D eigenvalue weighted by Gasteiger charge is -2.09. The van der Waals surface area contributed by atoms with Gasteiger partial charge in [-0.05, 0) is 51.1 Å². The molecule has 0 saturated heterocycles. The van der Waals surface area contributed by atoms with Crippen LogP contribution in [-0.2, 0) is 0 Å². The number of hydrogen-bond acceptors (Lipinski definition) is 6. The number of aromatic nitrogens is 3. The zero-order chi connectivity index (χ0) is 25.6. The van der Waals surface area contributed by atoms with Crippen molar-refractivity contribution in [2.24, 2.45) is 0 Å². The first-order valence-electron chi connectivity index (χ1n) is 11.6. The number of aromatic hydroxyl groups is 1. The van der Waals surface area contributed by atoms with E-state index in [1.165, 1.54) is 6.07 Å². The Labute approximate surface area is 207 Å². The van der Waals surface area contributed by atoms with Crippen LogP contribution in [0.2, 0.25) is 0 Å². The quantitative estimate of drug-likeness (QED) is 0.309. The smallest absolute Gasteiger partial charge is 0.227 e. The minimum atomic E-state index is -0.525. The van der Waals surface area contributed by atoms with Crippen LogP contribution in [0.3, 0.4) is 0 Å². The molecule has 0 amide bonds. The van der Waals surface area contributed by atoms with E-state index in [1.54, 1.807) is 21.1 Å². The number of aromatic amines is 1. The van der Waals surface area contributed by atoms with Crippen LogP contribution in [0.4, 0.5) is 0 Å². The van der Waals surface area contributed by atoms with Crippen LogP contribution in [0.25, 0.3) is 45.0 Å². The third-order valence-corrected chi connectivity index (χ3v) is 6.17. The number of fused-ring (bicyclic) bond motifs is 1. The zero-order valence-corrected chi connectivity index (χ0v) is 20.7. The molecule has 8 nitrogen and oxygen atoms in total. The molecule has 3 heterocycles. The molecular weight excluding hydrogens is 458 g/mol. The first-order chi connectivity index (χ1) is 17.3. The molecule has 0 aliphatic heterocycles. The summed E-state index contributed by atoms with van der Waals surface area (Å²) in [6, 6.07) is 14.8. The average Bonchev–Trinajstić information content (AvgIpc) is 3.48. The van der Waals surface area contributed by atoms with Crippen LogP contribution in [-0.4, -0.2) is 33.9 Å². The molecule has 0 unspecified atom stereocenters. The van der Waals surface area contributed by atoms with Crippen LogP contribution in [0.15, 0.2) is 63.9 Å². The third-order valence-electron chi connectivity index (χ3n) is 6.17. The van der Waals surface area contributed by atoms with Gasteiger partial charge in [0, 0.05) is 40.3 Å². The lowest BCUT2D eigenvalue weighted by molar-refractivity contribution is 0.415. The summed E-state index contributed by atoms with van der Waals surface area (Å²) in [5, 5.41) is 11.6. The number of imidazole rings is 1. The molecule has 36 heavy (non-hydrogen) atoms. The van der Waals surface area contributed by atoms with Gasteiger partial charge < -0.3 is 28.5 Å². The highest BCUT2D eigenvalue weighted by atomic mass is 16.5. The Hall–Kier alpha value is -4.46. The van der Waals surface area contributed by atoms with Crippen LogP contribution in [0.5, 0.6) is 17.2 Å². The predicted molar refractivity (Wildman–Crippen MR) is 139 cm³/mol. The predicted octanol–water partition coefficient (Wildman–Crippen LogP) is 5.93. The second-order valence-corrected chi connectivity index (χ2v) is 8.87. The Morgan fingerprint density at radius 2 is 1.81 bits per heavy atom. The molecular formula is C28H27N3O5. The van der Waals surface area contributed by atoms with E-state index >= 15 is 0 Å². The van der Waals surface area contributed by atoms with Gasteiger partial charge in [0.1, 0.15) is 34.5 Å². The summed E-state index contributed by atoms with van der Waals surface area (Å²) >= 11 is 0. The number of benzene rings is 2. The summed E-state index contributed by atoms with van der Waals surface area (Å²) in [5.41, 5.74) is 3.00. The fourth-order valence-corrected chi connectivity index (χ4v) is 4.39. The number of methoxy groups -OCH3 is 2. The first-order valence-corrected chi connectivity index (χ1v) is 11.6. The molecule has 8 heteroatoms.